The summed E-state index contributed by atoms with van der Waals surface area (Å²) in [6, 6.07) is 13.1. The fraction of sp³-hybridized carbons (Fsp3) is 0.318. The van der Waals surface area contributed by atoms with Crippen LogP contribution in [0.25, 0.3) is 0 Å². The average Bonchev–Trinajstić information content (AvgIpc) is 2.81. The molecular formula is C22H25ClN4O4. The van der Waals surface area contributed by atoms with Gasteiger partial charge in [0.1, 0.15) is 5.75 Å². The highest BCUT2D eigenvalue weighted by Crippen LogP contribution is 2.23. The van der Waals surface area contributed by atoms with Gasteiger partial charge in [0.15, 0.2) is 6.17 Å². The lowest BCUT2D eigenvalue weighted by molar-refractivity contribution is -0.132. The number of hydrogen-bond donors (Lipinski definition) is 2. The SMILES string of the molecule is COc1cccc(C(=O)N2CCCN(C(=O)c3ccc(Cl)cc3)C2C(=O)NCCN)c1. The van der Waals surface area contributed by atoms with Crippen molar-refractivity contribution >= 4 is 29.3 Å². The number of nitrogens with one attached hydrogen (secondary N) is 1. The normalized spacial score (nSPS) is 16.0. The van der Waals surface area contributed by atoms with Crippen LogP contribution >= 0.6 is 11.6 Å². The molecule has 1 aliphatic heterocycles. The van der Waals surface area contributed by atoms with Crippen LogP contribution in [-0.4, -0.2) is 67.0 Å². The number of ether oxygens (including phenoxy) is 1. The Balaban J connectivity index is 1.94. The molecule has 3 N–H and O–H groups in total. The number of rotatable bonds is 6. The number of halogens is 1. The number of carbonyl (C=O) groups excluding carboxylic acids is 3. The second-order valence-electron chi connectivity index (χ2n) is 7.04. The molecule has 9 heteroatoms. The van der Waals surface area contributed by atoms with Crippen molar-refractivity contribution in [2.45, 2.75) is 12.6 Å². The minimum absolute atomic E-state index is 0.236. The number of benzene rings is 2. The van der Waals surface area contributed by atoms with Gasteiger partial charge in [-0.15, -0.1) is 0 Å². The third-order valence-corrected chi connectivity index (χ3v) is 5.25. The maximum Gasteiger partial charge on any atom is 0.263 e. The van der Waals surface area contributed by atoms with E-state index in [0.717, 1.165) is 0 Å². The molecule has 1 aliphatic rings. The highest BCUT2D eigenvalue weighted by molar-refractivity contribution is 6.30. The van der Waals surface area contributed by atoms with Crippen LogP contribution in [0.2, 0.25) is 5.02 Å². The zero-order valence-corrected chi connectivity index (χ0v) is 18.0. The number of hydrogen-bond acceptors (Lipinski definition) is 5. The van der Waals surface area contributed by atoms with E-state index in [1.807, 2.05) is 0 Å². The summed E-state index contributed by atoms with van der Waals surface area (Å²) in [5.74, 6) is -0.641. The van der Waals surface area contributed by atoms with Crippen molar-refractivity contribution in [2.75, 3.05) is 33.3 Å². The van der Waals surface area contributed by atoms with Crippen molar-refractivity contribution in [1.29, 1.82) is 0 Å². The van der Waals surface area contributed by atoms with Crippen molar-refractivity contribution in [1.82, 2.24) is 15.1 Å². The molecule has 164 valence electrons. The van der Waals surface area contributed by atoms with Crippen LogP contribution in [0.15, 0.2) is 48.5 Å². The molecule has 1 atom stereocenters. The lowest BCUT2D eigenvalue weighted by atomic mass is 10.1. The minimum atomic E-state index is -1.10. The summed E-state index contributed by atoms with van der Waals surface area (Å²) in [6.07, 6.45) is -0.558. The van der Waals surface area contributed by atoms with E-state index in [-0.39, 0.29) is 24.9 Å². The molecule has 0 aliphatic carbocycles. The standard InChI is InChI=1S/C22H25ClN4O4/c1-31-18-5-2-4-16(14-18)22(30)27-13-3-12-26(20(27)19(28)25-11-10-24)21(29)15-6-8-17(23)9-7-15/h2,4-9,14,20H,3,10-13,24H2,1H3,(H,25,28). The molecule has 1 fully saturated rings. The summed E-state index contributed by atoms with van der Waals surface area (Å²) in [5, 5.41) is 3.21. The first-order chi connectivity index (χ1) is 15.0. The quantitative estimate of drug-likeness (QED) is 0.706. The molecule has 31 heavy (non-hydrogen) atoms. The van der Waals surface area contributed by atoms with Crippen molar-refractivity contribution in [3.8, 4) is 5.75 Å². The second-order valence-corrected chi connectivity index (χ2v) is 7.48. The van der Waals surface area contributed by atoms with Crippen molar-refractivity contribution in [2.24, 2.45) is 5.73 Å². The summed E-state index contributed by atoms with van der Waals surface area (Å²) in [4.78, 5) is 42.4. The molecule has 3 amide bonds. The highest BCUT2D eigenvalue weighted by atomic mass is 35.5. The van der Waals surface area contributed by atoms with Gasteiger partial charge in [-0.3, -0.25) is 14.4 Å². The van der Waals surface area contributed by atoms with E-state index in [9.17, 15) is 14.4 Å². The number of carbonyl (C=O) groups is 3. The third-order valence-electron chi connectivity index (χ3n) is 5.00. The Bertz CT molecular complexity index is 951. The fourth-order valence-corrected chi connectivity index (χ4v) is 3.63. The molecule has 0 radical (unpaired) electrons. The van der Waals surface area contributed by atoms with Gasteiger partial charge in [-0.1, -0.05) is 17.7 Å². The smallest absolute Gasteiger partial charge is 0.263 e. The zero-order chi connectivity index (χ0) is 22.4. The predicted molar refractivity (Wildman–Crippen MR) is 117 cm³/mol. The monoisotopic (exact) mass is 444 g/mol. The zero-order valence-electron chi connectivity index (χ0n) is 17.2. The van der Waals surface area contributed by atoms with Gasteiger partial charge in [0.05, 0.1) is 7.11 Å². The van der Waals surface area contributed by atoms with Crippen molar-refractivity contribution in [3.05, 3.63) is 64.7 Å². The van der Waals surface area contributed by atoms with E-state index >= 15 is 0 Å². The molecule has 1 saturated heterocycles. The first-order valence-electron chi connectivity index (χ1n) is 9.95. The summed E-state index contributed by atoms with van der Waals surface area (Å²) in [6.45, 7) is 1.15. The number of amides is 3. The van der Waals surface area contributed by atoms with Crippen LogP contribution in [-0.2, 0) is 4.79 Å². The summed E-state index contributed by atoms with van der Waals surface area (Å²) >= 11 is 5.93. The van der Waals surface area contributed by atoms with E-state index in [2.05, 4.69) is 5.32 Å². The summed E-state index contributed by atoms with van der Waals surface area (Å²) in [5.41, 5.74) is 6.28. The number of nitrogens with zero attached hydrogens (tertiary/aromatic N) is 2. The molecule has 1 unspecified atom stereocenters. The van der Waals surface area contributed by atoms with Gasteiger partial charge in [-0.05, 0) is 48.9 Å². The number of methoxy groups -OCH3 is 1. The maximum absolute atomic E-state index is 13.3. The Morgan fingerprint density at radius 3 is 2.32 bits per heavy atom. The summed E-state index contributed by atoms with van der Waals surface area (Å²) < 4.78 is 5.21. The van der Waals surface area contributed by atoms with E-state index < -0.39 is 12.1 Å². The molecular weight excluding hydrogens is 420 g/mol. The van der Waals surface area contributed by atoms with Crippen molar-refractivity contribution < 1.29 is 19.1 Å². The van der Waals surface area contributed by atoms with Gasteiger partial charge in [-0.25, -0.2) is 0 Å². The van der Waals surface area contributed by atoms with Gasteiger partial charge in [0.2, 0.25) is 0 Å². The first kappa shape index (κ1) is 22.6. The van der Waals surface area contributed by atoms with E-state index in [1.54, 1.807) is 48.5 Å². The highest BCUT2D eigenvalue weighted by Gasteiger charge is 2.40. The first-order valence-corrected chi connectivity index (χ1v) is 10.3. The lowest BCUT2D eigenvalue weighted by Gasteiger charge is -2.42. The van der Waals surface area contributed by atoms with Crippen LogP contribution in [0.1, 0.15) is 27.1 Å². The molecule has 0 bridgehead atoms. The largest absolute Gasteiger partial charge is 0.497 e. The molecule has 0 saturated carbocycles. The molecule has 1 heterocycles. The molecule has 2 aromatic rings. The lowest BCUT2D eigenvalue weighted by Crippen LogP contribution is -2.63. The topological polar surface area (TPSA) is 105 Å². The van der Waals surface area contributed by atoms with E-state index in [0.29, 0.717) is 41.4 Å². The molecule has 3 rings (SSSR count). The molecule has 0 aromatic heterocycles. The molecule has 8 nitrogen and oxygen atoms in total. The van der Waals surface area contributed by atoms with Crippen LogP contribution < -0.4 is 15.8 Å². The Labute approximate surface area is 185 Å². The van der Waals surface area contributed by atoms with E-state index in [1.165, 1.54) is 16.9 Å². The van der Waals surface area contributed by atoms with Crippen LogP contribution in [0, 0.1) is 0 Å². The third kappa shape index (κ3) is 5.15. The summed E-state index contributed by atoms with van der Waals surface area (Å²) in [7, 11) is 1.51. The fourth-order valence-electron chi connectivity index (χ4n) is 3.50. The second kappa shape index (κ2) is 10.3. The van der Waals surface area contributed by atoms with Gasteiger partial charge < -0.3 is 25.6 Å². The van der Waals surface area contributed by atoms with Gasteiger partial charge in [0, 0.05) is 42.3 Å². The molecule has 0 spiro atoms. The van der Waals surface area contributed by atoms with Crippen LogP contribution in [0.5, 0.6) is 5.75 Å². The Kier molecular flexibility index (Phi) is 7.49. The van der Waals surface area contributed by atoms with Gasteiger partial charge in [-0.2, -0.15) is 0 Å². The Hall–Kier alpha value is -3.10. The maximum atomic E-state index is 13.3. The number of nitrogens with two attached hydrogens (primary N) is 1. The Morgan fingerprint density at radius 2 is 1.71 bits per heavy atom. The van der Waals surface area contributed by atoms with Crippen molar-refractivity contribution in [3.63, 3.8) is 0 Å². The average molecular weight is 445 g/mol. The van der Waals surface area contributed by atoms with Crippen LogP contribution in [0.4, 0.5) is 0 Å². The molecule has 2 aromatic carbocycles. The van der Waals surface area contributed by atoms with E-state index in [4.69, 9.17) is 22.1 Å². The minimum Gasteiger partial charge on any atom is -0.497 e. The Morgan fingerprint density at radius 1 is 1.06 bits per heavy atom. The van der Waals surface area contributed by atoms with Gasteiger partial charge >= 0.3 is 0 Å². The predicted octanol–water partition coefficient (Wildman–Crippen LogP) is 1.74. The van der Waals surface area contributed by atoms with Gasteiger partial charge in [0.25, 0.3) is 17.7 Å². The van der Waals surface area contributed by atoms with Crippen LogP contribution in [0.3, 0.4) is 0 Å².